The molecular formula is C49H94NO10P. The maximum absolute atomic E-state index is 12.4. The number of ether oxygens (including phenoxy) is 1. The van der Waals surface area contributed by atoms with Gasteiger partial charge in [-0.2, -0.15) is 0 Å². The lowest BCUT2D eigenvalue weighted by molar-refractivity contribution is -0.147. The first kappa shape index (κ1) is 59.2. The van der Waals surface area contributed by atoms with E-state index < -0.39 is 57.6 Å². The van der Waals surface area contributed by atoms with Crippen molar-refractivity contribution < 1.29 is 47.8 Å². The van der Waals surface area contributed by atoms with Crippen LogP contribution in [0, 0.1) is 0 Å². The maximum Gasteiger partial charge on any atom is 0.472 e. The standard InChI is InChI=1S/C49H94NO10P/c1-3-5-7-9-11-13-15-17-19-21-22-23-24-25-26-28-30-32-34-36-38-40-47(52)50-46(49(54)55)44-60-61(56,57)59-43-45(51)42-58-48(53)41-39-37-35-33-31-29-27-20-18-16-14-12-10-8-6-4-2/h17,19,45-46,51H,3-16,18,20-44H2,1-2H3,(H,50,52)(H,54,55)(H,56,57)/b19-17+. The van der Waals surface area contributed by atoms with E-state index in [0.717, 1.165) is 38.5 Å². The number of hydrogen-bond acceptors (Lipinski definition) is 8. The second-order valence-corrected chi connectivity index (χ2v) is 18.8. The van der Waals surface area contributed by atoms with Crippen LogP contribution in [0.5, 0.6) is 0 Å². The van der Waals surface area contributed by atoms with E-state index in [9.17, 15) is 34.1 Å². The number of carboxylic acid groups (broad SMARTS) is 1. The first-order chi connectivity index (χ1) is 29.6. The molecular weight excluding hydrogens is 794 g/mol. The molecule has 12 heteroatoms. The molecule has 0 aliphatic heterocycles. The molecule has 0 saturated heterocycles. The summed E-state index contributed by atoms with van der Waals surface area (Å²) in [5.41, 5.74) is 0. The molecule has 1 amide bonds. The Morgan fingerprint density at radius 1 is 0.508 bits per heavy atom. The summed E-state index contributed by atoms with van der Waals surface area (Å²) in [7, 11) is -4.75. The van der Waals surface area contributed by atoms with Gasteiger partial charge in [-0.05, 0) is 38.5 Å². The SMILES string of the molecule is CCCCCCCC/C=C/CCCCCCCCCCCCCC(=O)NC(COP(=O)(O)OCC(O)COC(=O)CCCCCCCCCCCCCCCCCC)C(=O)O. The van der Waals surface area contributed by atoms with Gasteiger partial charge in [0.15, 0.2) is 6.04 Å². The van der Waals surface area contributed by atoms with E-state index >= 15 is 0 Å². The number of carbonyl (C=O) groups is 3. The number of aliphatic carboxylic acids is 1. The minimum atomic E-state index is -4.75. The zero-order chi connectivity index (χ0) is 44.9. The van der Waals surface area contributed by atoms with Crippen LogP contribution in [0.4, 0.5) is 0 Å². The van der Waals surface area contributed by atoms with Crippen molar-refractivity contribution in [3.8, 4) is 0 Å². The molecule has 0 heterocycles. The number of carboxylic acids is 1. The number of rotatable bonds is 48. The fourth-order valence-electron chi connectivity index (χ4n) is 7.37. The van der Waals surface area contributed by atoms with Crippen LogP contribution in [0.3, 0.4) is 0 Å². The van der Waals surface area contributed by atoms with E-state index in [1.54, 1.807) is 0 Å². The van der Waals surface area contributed by atoms with Gasteiger partial charge >= 0.3 is 19.8 Å². The molecule has 3 unspecified atom stereocenters. The van der Waals surface area contributed by atoms with Gasteiger partial charge in [0.05, 0.1) is 13.2 Å². The van der Waals surface area contributed by atoms with Gasteiger partial charge in [-0.3, -0.25) is 18.6 Å². The highest BCUT2D eigenvalue weighted by Crippen LogP contribution is 2.43. The topological polar surface area (TPSA) is 169 Å². The zero-order valence-corrected chi connectivity index (χ0v) is 40.1. The quantitative estimate of drug-likeness (QED) is 0.0200. The van der Waals surface area contributed by atoms with Gasteiger partial charge in [-0.1, -0.05) is 212 Å². The molecule has 0 aromatic carbocycles. The van der Waals surface area contributed by atoms with Crippen LogP contribution < -0.4 is 5.32 Å². The van der Waals surface area contributed by atoms with Crippen LogP contribution in [0.1, 0.15) is 251 Å². The van der Waals surface area contributed by atoms with Gasteiger partial charge in [-0.25, -0.2) is 9.36 Å². The molecule has 3 atom stereocenters. The molecule has 0 aromatic heterocycles. The highest BCUT2D eigenvalue weighted by molar-refractivity contribution is 7.47. The molecule has 360 valence electrons. The molecule has 0 rings (SSSR count). The molecule has 0 aliphatic carbocycles. The molecule has 0 bridgehead atoms. The van der Waals surface area contributed by atoms with Crippen molar-refractivity contribution in [1.82, 2.24) is 5.32 Å². The molecule has 11 nitrogen and oxygen atoms in total. The molecule has 0 spiro atoms. The minimum Gasteiger partial charge on any atom is -0.480 e. The van der Waals surface area contributed by atoms with Gasteiger partial charge in [-0.15, -0.1) is 0 Å². The number of esters is 1. The predicted molar refractivity (Wildman–Crippen MR) is 250 cm³/mol. The first-order valence-electron chi connectivity index (χ1n) is 25.2. The number of nitrogens with one attached hydrogen (secondary N) is 1. The highest BCUT2D eigenvalue weighted by Gasteiger charge is 2.28. The Bertz CT molecular complexity index is 1090. The van der Waals surface area contributed by atoms with E-state index in [1.165, 1.54) is 173 Å². The van der Waals surface area contributed by atoms with Gasteiger partial charge in [0, 0.05) is 12.8 Å². The molecule has 0 fully saturated rings. The average Bonchev–Trinajstić information content (AvgIpc) is 3.24. The summed E-state index contributed by atoms with van der Waals surface area (Å²) in [6.45, 7) is 2.64. The summed E-state index contributed by atoms with van der Waals surface area (Å²) in [5, 5.41) is 21.9. The molecule has 0 aromatic rings. The summed E-state index contributed by atoms with van der Waals surface area (Å²) in [6.07, 6.45) is 46.6. The lowest BCUT2D eigenvalue weighted by Crippen LogP contribution is -2.43. The van der Waals surface area contributed by atoms with Crippen LogP contribution in [-0.4, -0.2) is 64.9 Å². The van der Waals surface area contributed by atoms with Gasteiger partial charge in [0.1, 0.15) is 12.7 Å². The van der Waals surface area contributed by atoms with Crippen LogP contribution in [0.15, 0.2) is 12.2 Å². The fraction of sp³-hybridized carbons (Fsp3) is 0.898. The van der Waals surface area contributed by atoms with Crippen molar-refractivity contribution in [1.29, 1.82) is 0 Å². The number of allylic oxidation sites excluding steroid dienone is 2. The van der Waals surface area contributed by atoms with Gasteiger partial charge < -0.3 is 25.2 Å². The first-order valence-corrected chi connectivity index (χ1v) is 26.7. The number of unbranched alkanes of at least 4 members (excludes halogenated alkanes) is 32. The Hall–Kier alpha value is -1.78. The largest absolute Gasteiger partial charge is 0.480 e. The maximum atomic E-state index is 12.4. The number of aliphatic hydroxyl groups is 1. The number of phosphoric ester groups is 1. The second kappa shape index (κ2) is 44.8. The van der Waals surface area contributed by atoms with Crippen LogP contribution in [0.25, 0.3) is 0 Å². The third kappa shape index (κ3) is 44.6. The monoisotopic (exact) mass is 888 g/mol. The third-order valence-corrected chi connectivity index (χ3v) is 12.3. The van der Waals surface area contributed by atoms with Crippen LogP contribution in [-0.2, 0) is 32.7 Å². The van der Waals surface area contributed by atoms with Crippen molar-refractivity contribution in [3.05, 3.63) is 12.2 Å². The van der Waals surface area contributed by atoms with E-state index in [-0.39, 0.29) is 12.8 Å². The zero-order valence-electron chi connectivity index (χ0n) is 39.2. The summed E-state index contributed by atoms with van der Waals surface area (Å²) in [5.74, 6) is -2.35. The third-order valence-electron chi connectivity index (χ3n) is 11.3. The summed E-state index contributed by atoms with van der Waals surface area (Å²) < 4.78 is 26.9. The number of amides is 1. The Morgan fingerprint density at radius 2 is 0.852 bits per heavy atom. The van der Waals surface area contributed by atoms with Crippen molar-refractivity contribution in [2.75, 3.05) is 19.8 Å². The Labute approximate surface area is 373 Å². The number of aliphatic hydroxyl groups excluding tert-OH is 1. The molecule has 0 radical (unpaired) electrons. The Balaban J connectivity index is 3.81. The van der Waals surface area contributed by atoms with Gasteiger partial charge in [0.25, 0.3) is 0 Å². The summed E-state index contributed by atoms with van der Waals surface area (Å²) in [4.78, 5) is 46.1. The van der Waals surface area contributed by atoms with Gasteiger partial charge in [0.2, 0.25) is 5.91 Å². The summed E-state index contributed by atoms with van der Waals surface area (Å²) in [6, 6.07) is -1.54. The van der Waals surface area contributed by atoms with E-state index in [1.807, 2.05) is 0 Å². The highest BCUT2D eigenvalue weighted by atomic mass is 31.2. The number of phosphoric acid groups is 1. The molecule has 0 aliphatic rings. The smallest absolute Gasteiger partial charge is 0.472 e. The summed E-state index contributed by atoms with van der Waals surface area (Å²) >= 11 is 0. The van der Waals surface area contributed by atoms with E-state index in [4.69, 9.17) is 13.8 Å². The fourth-order valence-corrected chi connectivity index (χ4v) is 8.14. The van der Waals surface area contributed by atoms with Crippen molar-refractivity contribution in [3.63, 3.8) is 0 Å². The predicted octanol–water partition coefficient (Wildman–Crippen LogP) is 13.6. The van der Waals surface area contributed by atoms with Crippen LogP contribution in [0.2, 0.25) is 0 Å². The number of hydrogen-bond donors (Lipinski definition) is 4. The van der Waals surface area contributed by atoms with Crippen molar-refractivity contribution in [2.45, 2.75) is 264 Å². The van der Waals surface area contributed by atoms with Crippen molar-refractivity contribution >= 4 is 25.7 Å². The molecule has 4 N–H and O–H groups in total. The minimum absolute atomic E-state index is 0.149. The Kier molecular flexibility index (Phi) is 43.5. The Morgan fingerprint density at radius 3 is 1.25 bits per heavy atom. The number of carbonyl (C=O) groups excluding carboxylic acids is 2. The lowest BCUT2D eigenvalue weighted by atomic mass is 10.0. The van der Waals surface area contributed by atoms with Crippen LogP contribution >= 0.6 is 7.82 Å². The normalized spacial score (nSPS) is 13.6. The van der Waals surface area contributed by atoms with Crippen molar-refractivity contribution in [2.24, 2.45) is 0 Å². The lowest BCUT2D eigenvalue weighted by Gasteiger charge is -2.18. The van der Waals surface area contributed by atoms with E-state index in [2.05, 4.69) is 31.3 Å². The molecule has 0 saturated carbocycles. The van der Waals surface area contributed by atoms with E-state index in [0.29, 0.717) is 12.8 Å². The average molecular weight is 888 g/mol. The molecule has 61 heavy (non-hydrogen) atoms. The second-order valence-electron chi connectivity index (χ2n) is 17.4.